The van der Waals surface area contributed by atoms with Crippen LogP contribution in [0, 0.1) is 12.7 Å². The minimum Gasteiger partial charge on any atom is -0.331 e. The van der Waals surface area contributed by atoms with E-state index in [0.29, 0.717) is 12.2 Å². The van der Waals surface area contributed by atoms with Gasteiger partial charge in [0.1, 0.15) is 17.0 Å². The van der Waals surface area contributed by atoms with Crippen LogP contribution in [0.15, 0.2) is 41.3 Å². The summed E-state index contributed by atoms with van der Waals surface area (Å²) in [6.45, 7) is 2.38. The van der Waals surface area contributed by atoms with Gasteiger partial charge in [-0.15, -0.1) is 0 Å². The summed E-state index contributed by atoms with van der Waals surface area (Å²) in [6.07, 6.45) is 3.11. The molecule has 1 aromatic carbocycles. The second-order valence-electron chi connectivity index (χ2n) is 6.32. The lowest BCUT2D eigenvalue weighted by molar-refractivity contribution is 0.0733. The van der Waals surface area contributed by atoms with E-state index in [1.165, 1.54) is 22.8 Å². The predicted molar refractivity (Wildman–Crippen MR) is 90.0 cm³/mol. The van der Waals surface area contributed by atoms with Crippen LogP contribution in [0.3, 0.4) is 0 Å². The third-order valence-electron chi connectivity index (χ3n) is 4.59. The van der Waals surface area contributed by atoms with Crippen LogP contribution in [-0.2, 0) is 0 Å². The van der Waals surface area contributed by atoms with Crippen LogP contribution in [0.25, 0.3) is 5.65 Å². The maximum atomic E-state index is 13.2. The lowest BCUT2D eigenvalue weighted by Gasteiger charge is -2.25. The van der Waals surface area contributed by atoms with Gasteiger partial charge in [0.05, 0.1) is 11.7 Å². The highest BCUT2D eigenvalue weighted by atomic mass is 19.1. The number of hydrogen-bond acceptors (Lipinski definition) is 3. The average Bonchev–Trinajstić information content (AvgIpc) is 3.19. The number of H-pyrrole nitrogens is 1. The first-order chi connectivity index (χ1) is 12.0. The number of nitrogens with one attached hydrogen (secondary N) is 1. The summed E-state index contributed by atoms with van der Waals surface area (Å²) in [5.74, 6) is -0.640. The molecule has 3 aromatic rings. The fourth-order valence-electron chi connectivity index (χ4n) is 3.42. The maximum absolute atomic E-state index is 13.2. The van der Waals surface area contributed by atoms with Crippen LogP contribution in [0.5, 0.6) is 0 Å². The summed E-state index contributed by atoms with van der Waals surface area (Å²) in [4.78, 5) is 29.7. The zero-order valence-corrected chi connectivity index (χ0v) is 13.7. The Morgan fingerprint density at radius 1 is 1.32 bits per heavy atom. The molecule has 1 aliphatic heterocycles. The molecule has 0 saturated carbocycles. The second kappa shape index (κ2) is 5.84. The number of benzene rings is 1. The summed E-state index contributed by atoms with van der Waals surface area (Å²) in [5.41, 5.74) is 1.81. The van der Waals surface area contributed by atoms with Gasteiger partial charge in [0.2, 0.25) is 0 Å². The number of carbonyl (C=O) groups excluding carboxylic acids is 1. The summed E-state index contributed by atoms with van der Waals surface area (Å²) in [7, 11) is 0. The summed E-state index contributed by atoms with van der Waals surface area (Å²) < 4.78 is 14.7. The van der Waals surface area contributed by atoms with Gasteiger partial charge in [0, 0.05) is 18.8 Å². The highest BCUT2D eigenvalue weighted by Crippen LogP contribution is 2.32. The van der Waals surface area contributed by atoms with Gasteiger partial charge in [-0.05, 0) is 37.5 Å². The first-order valence-corrected chi connectivity index (χ1v) is 8.18. The zero-order chi connectivity index (χ0) is 17.6. The zero-order valence-electron chi connectivity index (χ0n) is 13.7. The van der Waals surface area contributed by atoms with Crippen LogP contribution in [0.1, 0.15) is 40.5 Å². The van der Waals surface area contributed by atoms with Crippen molar-refractivity contribution in [1.82, 2.24) is 19.5 Å². The number of rotatable bonds is 2. The number of hydrogen-bond donors (Lipinski definition) is 1. The Kier molecular flexibility index (Phi) is 3.63. The molecule has 4 rings (SSSR count). The number of carbonyl (C=O) groups is 1. The predicted octanol–water partition coefficient (Wildman–Crippen LogP) is 2.45. The van der Waals surface area contributed by atoms with E-state index >= 15 is 0 Å². The second-order valence-corrected chi connectivity index (χ2v) is 6.32. The van der Waals surface area contributed by atoms with Crippen LogP contribution < -0.4 is 5.56 Å². The molecule has 1 amide bonds. The van der Waals surface area contributed by atoms with E-state index in [1.807, 2.05) is 6.92 Å². The molecule has 0 aliphatic carbocycles. The topological polar surface area (TPSA) is 70.5 Å². The lowest BCUT2D eigenvalue weighted by Crippen LogP contribution is -2.34. The van der Waals surface area contributed by atoms with Crippen molar-refractivity contribution in [2.45, 2.75) is 25.8 Å². The van der Waals surface area contributed by atoms with Crippen LogP contribution in [-0.4, -0.2) is 31.9 Å². The average molecular weight is 340 g/mol. The highest BCUT2D eigenvalue weighted by molar-refractivity contribution is 5.94. The molecular weight excluding hydrogens is 323 g/mol. The number of likely N-dealkylation sites (tertiary alicyclic amines) is 1. The quantitative estimate of drug-likeness (QED) is 0.779. The fraction of sp³-hybridized carbons (Fsp3) is 0.278. The fourth-order valence-corrected chi connectivity index (χ4v) is 3.42. The van der Waals surface area contributed by atoms with E-state index < -0.39 is 5.56 Å². The lowest BCUT2D eigenvalue weighted by atomic mass is 10.0. The number of nitrogens with zero attached hydrogens (tertiary/aromatic N) is 3. The SMILES string of the molecule is Cc1cc2[nH]c(=O)c(C(=O)N3CCC[C@@H]3c3ccc(F)cc3)cn2n1. The molecule has 25 heavy (non-hydrogen) atoms. The molecule has 0 radical (unpaired) electrons. The Hall–Kier alpha value is -2.96. The number of aromatic nitrogens is 3. The highest BCUT2D eigenvalue weighted by Gasteiger charge is 2.32. The van der Waals surface area contributed by atoms with Crippen molar-refractivity contribution < 1.29 is 9.18 Å². The van der Waals surface area contributed by atoms with Crippen LogP contribution in [0.2, 0.25) is 0 Å². The van der Waals surface area contributed by atoms with Gasteiger partial charge < -0.3 is 9.88 Å². The Balaban J connectivity index is 1.71. The summed E-state index contributed by atoms with van der Waals surface area (Å²) in [6, 6.07) is 7.75. The molecule has 1 atom stereocenters. The Labute approximate surface area is 142 Å². The Morgan fingerprint density at radius 3 is 2.84 bits per heavy atom. The first-order valence-electron chi connectivity index (χ1n) is 8.18. The van der Waals surface area contributed by atoms with Gasteiger partial charge >= 0.3 is 0 Å². The van der Waals surface area contributed by atoms with Crippen molar-refractivity contribution in [2.24, 2.45) is 0 Å². The summed E-state index contributed by atoms with van der Waals surface area (Å²) >= 11 is 0. The van der Waals surface area contributed by atoms with E-state index in [4.69, 9.17) is 0 Å². The molecule has 0 spiro atoms. The Bertz CT molecular complexity index is 1010. The molecular formula is C18H17FN4O2. The van der Waals surface area contributed by atoms with Crippen molar-refractivity contribution in [3.05, 3.63) is 69.5 Å². The van der Waals surface area contributed by atoms with Crippen molar-refractivity contribution in [1.29, 1.82) is 0 Å². The third-order valence-corrected chi connectivity index (χ3v) is 4.59. The first kappa shape index (κ1) is 15.6. The van der Waals surface area contributed by atoms with Gasteiger partial charge in [0.15, 0.2) is 0 Å². The number of aryl methyl sites for hydroxylation is 1. The van der Waals surface area contributed by atoms with Gasteiger partial charge in [-0.25, -0.2) is 8.91 Å². The molecule has 128 valence electrons. The Morgan fingerprint density at radius 2 is 2.08 bits per heavy atom. The number of halogens is 1. The smallest absolute Gasteiger partial charge is 0.264 e. The van der Waals surface area contributed by atoms with Crippen LogP contribution in [0.4, 0.5) is 4.39 Å². The van der Waals surface area contributed by atoms with E-state index in [9.17, 15) is 14.0 Å². The van der Waals surface area contributed by atoms with Crippen molar-refractivity contribution >= 4 is 11.6 Å². The van der Waals surface area contributed by atoms with Crippen molar-refractivity contribution in [2.75, 3.05) is 6.54 Å². The largest absolute Gasteiger partial charge is 0.331 e. The molecule has 0 bridgehead atoms. The molecule has 1 fully saturated rings. The molecule has 3 heterocycles. The third kappa shape index (κ3) is 2.71. The molecule has 1 saturated heterocycles. The molecule has 1 aliphatic rings. The van der Waals surface area contributed by atoms with E-state index in [2.05, 4.69) is 10.1 Å². The van der Waals surface area contributed by atoms with E-state index in [-0.39, 0.29) is 23.3 Å². The molecule has 0 unspecified atom stereocenters. The minimum absolute atomic E-state index is 0.0598. The monoisotopic (exact) mass is 340 g/mol. The van der Waals surface area contributed by atoms with Gasteiger partial charge in [-0.2, -0.15) is 5.10 Å². The van der Waals surface area contributed by atoms with E-state index in [0.717, 1.165) is 24.1 Å². The van der Waals surface area contributed by atoms with Crippen LogP contribution >= 0.6 is 0 Å². The molecule has 6 nitrogen and oxygen atoms in total. The van der Waals surface area contributed by atoms with Gasteiger partial charge in [0.25, 0.3) is 11.5 Å². The number of aromatic amines is 1. The van der Waals surface area contributed by atoms with Crippen molar-refractivity contribution in [3.63, 3.8) is 0 Å². The standard InChI is InChI=1S/C18H17FN4O2/c1-11-9-16-20-17(24)14(10-23(16)21-11)18(25)22-8-2-3-15(22)12-4-6-13(19)7-5-12/h4-7,9-10,15H,2-3,8H2,1H3,(H,20,24)/t15-/m1/s1. The molecule has 2 aromatic heterocycles. The van der Waals surface area contributed by atoms with Gasteiger partial charge in [-0.3, -0.25) is 9.59 Å². The molecule has 7 heteroatoms. The minimum atomic E-state index is -0.429. The normalized spacial score (nSPS) is 17.4. The van der Waals surface area contributed by atoms with Crippen molar-refractivity contribution in [3.8, 4) is 0 Å². The number of amides is 1. The van der Waals surface area contributed by atoms with Gasteiger partial charge in [-0.1, -0.05) is 12.1 Å². The summed E-state index contributed by atoms with van der Waals surface area (Å²) in [5, 5.41) is 4.24. The van der Waals surface area contributed by atoms with E-state index in [1.54, 1.807) is 23.1 Å². The molecule has 1 N–H and O–H groups in total. The maximum Gasteiger partial charge on any atom is 0.264 e. The number of fused-ring (bicyclic) bond motifs is 1.